The van der Waals surface area contributed by atoms with Crippen molar-refractivity contribution in [1.29, 1.82) is 0 Å². The number of rotatable bonds is 8. The summed E-state index contributed by atoms with van der Waals surface area (Å²) in [6.07, 6.45) is 2.30. The molecule has 0 atom stereocenters. The number of halogens is 3. The molecule has 1 aliphatic rings. The lowest BCUT2D eigenvalue weighted by molar-refractivity contribution is -0.0327. The predicted octanol–water partition coefficient (Wildman–Crippen LogP) is 2.53. The molecule has 1 aromatic heterocycles. The number of hydrogen-bond donors (Lipinski definition) is 2. The summed E-state index contributed by atoms with van der Waals surface area (Å²) in [5.74, 6) is -0.344. The Balaban J connectivity index is 1.80. The Morgan fingerprint density at radius 2 is 2.10 bits per heavy atom. The monoisotopic (exact) mass is 360 g/mol. The van der Waals surface area contributed by atoms with Gasteiger partial charge >= 0.3 is 5.51 Å². The molecule has 120 valence electrons. The van der Waals surface area contributed by atoms with Crippen molar-refractivity contribution in [2.24, 2.45) is 0 Å². The van der Waals surface area contributed by atoms with Gasteiger partial charge in [-0.3, -0.25) is 0 Å². The molecule has 0 aromatic carbocycles. The SMILES string of the molecule is O=S(=O)(NCCSC(F)(F)F)c1csc(CNC2CC2)c1. The zero-order valence-corrected chi connectivity index (χ0v) is 13.4. The molecule has 1 heterocycles. The van der Waals surface area contributed by atoms with E-state index in [0.717, 1.165) is 17.7 Å². The molecular formula is C11H15F3N2O2S3. The fourth-order valence-corrected chi connectivity index (χ4v) is 4.38. The first-order chi connectivity index (χ1) is 9.76. The van der Waals surface area contributed by atoms with E-state index in [0.29, 0.717) is 12.6 Å². The molecule has 2 rings (SSSR count). The number of nitrogens with one attached hydrogen (secondary N) is 2. The third-order valence-corrected chi connectivity index (χ3v) is 6.00. The van der Waals surface area contributed by atoms with Crippen LogP contribution in [0.5, 0.6) is 0 Å². The van der Waals surface area contributed by atoms with Crippen LogP contribution in [0.4, 0.5) is 13.2 Å². The van der Waals surface area contributed by atoms with Gasteiger partial charge in [0.2, 0.25) is 10.0 Å². The molecule has 1 fully saturated rings. The molecule has 4 nitrogen and oxygen atoms in total. The molecule has 0 spiro atoms. The first-order valence-electron chi connectivity index (χ1n) is 6.27. The van der Waals surface area contributed by atoms with E-state index in [1.165, 1.54) is 16.7 Å². The van der Waals surface area contributed by atoms with E-state index in [4.69, 9.17) is 0 Å². The lowest BCUT2D eigenvalue weighted by Gasteiger charge is -2.06. The maximum Gasteiger partial charge on any atom is 0.441 e. The molecule has 0 amide bonds. The van der Waals surface area contributed by atoms with Crippen LogP contribution in [-0.4, -0.2) is 32.3 Å². The van der Waals surface area contributed by atoms with E-state index >= 15 is 0 Å². The second-order valence-corrected chi connectivity index (χ2v) is 8.52. The maximum absolute atomic E-state index is 11.9. The van der Waals surface area contributed by atoms with Crippen LogP contribution in [0.3, 0.4) is 0 Å². The lowest BCUT2D eigenvalue weighted by Crippen LogP contribution is -2.26. The average molecular weight is 360 g/mol. The number of sulfonamides is 1. The highest BCUT2D eigenvalue weighted by atomic mass is 32.2. The van der Waals surface area contributed by atoms with E-state index in [2.05, 4.69) is 10.0 Å². The molecule has 0 radical (unpaired) electrons. The average Bonchev–Trinajstić information content (AvgIpc) is 3.07. The van der Waals surface area contributed by atoms with Gasteiger partial charge < -0.3 is 5.32 Å². The van der Waals surface area contributed by atoms with E-state index in [1.54, 1.807) is 6.07 Å². The molecule has 0 bridgehead atoms. The third kappa shape index (κ3) is 6.15. The molecule has 0 unspecified atom stereocenters. The smallest absolute Gasteiger partial charge is 0.309 e. The van der Waals surface area contributed by atoms with E-state index in [9.17, 15) is 21.6 Å². The van der Waals surface area contributed by atoms with Crippen LogP contribution in [0.2, 0.25) is 0 Å². The van der Waals surface area contributed by atoms with Crippen LogP contribution in [0.15, 0.2) is 16.3 Å². The maximum atomic E-state index is 11.9. The highest BCUT2D eigenvalue weighted by Gasteiger charge is 2.28. The topological polar surface area (TPSA) is 58.2 Å². The summed E-state index contributed by atoms with van der Waals surface area (Å²) in [4.78, 5) is 1.00. The minimum Gasteiger partial charge on any atom is -0.309 e. The minimum absolute atomic E-state index is 0.108. The summed E-state index contributed by atoms with van der Waals surface area (Å²) >= 11 is 1.08. The van der Waals surface area contributed by atoms with Crippen molar-refractivity contribution in [3.05, 3.63) is 16.3 Å². The first kappa shape index (κ1) is 17.1. The summed E-state index contributed by atoms with van der Waals surface area (Å²) < 4.78 is 61.8. The summed E-state index contributed by atoms with van der Waals surface area (Å²) in [5, 5.41) is 4.78. The first-order valence-corrected chi connectivity index (χ1v) is 9.62. The van der Waals surface area contributed by atoms with E-state index in [-0.39, 0.29) is 29.0 Å². The third-order valence-electron chi connectivity index (χ3n) is 2.74. The van der Waals surface area contributed by atoms with Crippen molar-refractivity contribution < 1.29 is 21.6 Å². The Morgan fingerprint density at radius 1 is 1.38 bits per heavy atom. The zero-order valence-electron chi connectivity index (χ0n) is 10.9. The summed E-state index contributed by atoms with van der Waals surface area (Å²) in [6, 6.07) is 2.09. The fraction of sp³-hybridized carbons (Fsp3) is 0.636. The molecular weight excluding hydrogens is 345 g/mol. The van der Waals surface area contributed by atoms with Crippen LogP contribution in [0.25, 0.3) is 0 Å². The van der Waals surface area contributed by atoms with Gasteiger partial charge in [0, 0.05) is 35.1 Å². The number of thiophene rings is 1. The van der Waals surface area contributed by atoms with Gasteiger partial charge in [-0.05, 0) is 30.7 Å². The Kier molecular flexibility index (Phi) is 5.58. The molecule has 1 aliphatic carbocycles. The fourth-order valence-electron chi connectivity index (χ4n) is 1.55. The molecule has 1 saturated carbocycles. The number of alkyl halides is 3. The van der Waals surface area contributed by atoms with Crippen molar-refractivity contribution >= 4 is 33.1 Å². The van der Waals surface area contributed by atoms with E-state index < -0.39 is 15.5 Å². The Bertz CT molecular complexity index is 568. The summed E-state index contributed by atoms with van der Waals surface area (Å²) in [5.41, 5.74) is -4.34. The van der Waals surface area contributed by atoms with Crippen molar-refractivity contribution in [3.8, 4) is 0 Å². The number of hydrogen-bond acceptors (Lipinski definition) is 5. The van der Waals surface area contributed by atoms with Crippen LogP contribution in [0, 0.1) is 0 Å². The lowest BCUT2D eigenvalue weighted by atomic mass is 10.4. The Hall–Kier alpha value is -0.290. The predicted molar refractivity (Wildman–Crippen MR) is 77.9 cm³/mol. The molecule has 0 saturated heterocycles. The highest BCUT2D eigenvalue weighted by Crippen LogP contribution is 2.29. The summed E-state index contributed by atoms with van der Waals surface area (Å²) in [7, 11) is -3.73. The van der Waals surface area contributed by atoms with Crippen LogP contribution < -0.4 is 10.0 Å². The van der Waals surface area contributed by atoms with Gasteiger partial charge in [0.15, 0.2) is 0 Å². The molecule has 0 aliphatic heterocycles. The Morgan fingerprint density at radius 3 is 2.71 bits per heavy atom. The van der Waals surface area contributed by atoms with Gasteiger partial charge in [0.1, 0.15) is 0 Å². The molecule has 1 aromatic rings. The van der Waals surface area contributed by atoms with Crippen LogP contribution in [-0.2, 0) is 16.6 Å². The van der Waals surface area contributed by atoms with Gasteiger partial charge in [0.05, 0.1) is 4.90 Å². The van der Waals surface area contributed by atoms with Gasteiger partial charge in [-0.1, -0.05) is 0 Å². The zero-order chi connectivity index (χ0) is 15.5. The largest absolute Gasteiger partial charge is 0.441 e. The minimum atomic E-state index is -4.34. The quantitative estimate of drug-likeness (QED) is 0.700. The van der Waals surface area contributed by atoms with Crippen molar-refractivity contribution in [2.75, 3.05) is 12.3 Å². The van der Waals surface area contributed by atoms with Gasteiger partial charge in [-0.2, -0.15) is 13.2 Å². The van der Waals surface area contributed by atoms with Crippen molar-refractivity contribution in [1.82, 2.24) is 10.0 Å². The Labute approximate surface area is 129 Å². The highest BCUT2D eigenvalue weighted by molar-refractivity contribution is 8.00. The molecule has 10 heteroatoms. The molecule has 2 N–H and O–H groups in total. The second-order valence-electron chi connectivity index (χ2n) is 4.60. The van der Waals surface area contributed by atoms with Gasteiger partial charge in [0.25, 0.3) is 0 Å². The van der Waals surface area contributed by atoms with Gasteiger partial charge in [-0.25, -0.2) is 13.1 Å². The van der Waals surface area contributed by atoms with E-state index in [1.807, 2.05) is 0 Å². The van der Waals surface area contributed by atoms with Gasteiger partial charge in [-0.15, -0.1) is 11.3 Å². The normalized spacial score (nSPS) is 16.3. The van der Waals surface area contributed by atoms with Crippen molar-refractivity contribution in [2.45, 2.75) is 35.8 Å². The standard InChI is InChI=1S/C11H15F3N2O2S3/c12-11(13,14)20-4-3-16-21(17,18)10-5-9(19-7-10)6-15-8-1-2-8/h5,7-8,15-16H,1-4,6H2. The number of thioether (sulfide) groups is 1. The van der Waals surface area contributed by atoms with Crippen LogP contribution >= 0.6 is 23.1 Å². The van der Waals surface area contributed by atoms with Crippen molar-refractivity contribution in [3.63, 3.8) is 0 Å². The summed E-state index contributed by atoms with van der Waals surface area (Å²) in [6.45, 7) is 0.368. The molecule has 21 heavy (non-hydrogen) atoms. The second kappa shape index (κ2) is 6.86. The van der Waals surface area contributed by atoms with Crippen LogP contribution in [0.1, 0.15) is 17.7 Å².